The molecule has 0 aliphatic heterocycles. The summed E-state index contributed by atoms with van der Waals surface area (Å²) in [5.41, 5.74) is 1.46. The summed E-state index contributed by atoms with van der Waals surface area (Å²) in [6.45, 7) is 3.81. The van der Waals surface area contributed by atoms with E-state index in [0.717, 1.165) is 16.5 Å². The van der Waals surface area contributed by atoms with E-state index in [2.05, 4.69) is 20.7 Å². The maximum atomic E-state index is 14.0. The fourth-order valence-corrected chi connectivity index (χ4v) is 2.43. The first-order valence-corrected chi connectivity index (χ1v) is 5.94. The summed E-state index contributed by atoms with van der Waals surface area (Å²) in [5.74, 6) is -1.12. The van der Waals surface area contributed by atoms with Gasteiger partial charge in [0.05, 0.1) is 12.7 Å². The molecular formula is C12H14BrFO2. The first-order valence-electron chi connectivity index (χ1n) is 5.14. The first-order chi connectivity index (χ1) is 7.56. The van der Waals surface area contributed by atoms with Gasteiger partial charge in [-0.1, -0.05) is 29.8 Å². The highest BCUT2D eigenvalue weighted by Gasteiger charge is 2.19. The molecule has 0 spiro atoms. The highest BCUT2D eigenvalue weighted by Crippen LogP contribution is 2.28. The first kappa shape index (κ1) is 13.2. The molecule has 0 saturated heterocycles. The zero-order chi connectivity index (χ0) is 12.3. The van der Waals surface area contributed by atoms with Crippen LogP contribution in [0.15, 0.2) is 10.5 Å². The lowest BCUT2D eigenvalue weighted by atomic mass is 10.0. The molecule has 2 nitrogen and oxygen atoms in total. The molecule has 1 aromatic carbocycles. The molecule has 0 fully saturated rings. The van der Waals surface area contributed by atoms with E-state index < -0.39 is 11.8 Å². The minimum atomic E-state index is -0.630. The van der Waals surface area contributed by atoms with E-state index in [4.69, 9.17) is 0 Å². The number of benzene rings is 1. The number of carbonyl (C=O) groups excluding carboxylic acids is 1. The number of esters is 1. The molecule has 0 saturated carbocycles. The Kier molecular flexibility index (Phi) is 4.47. The molecule has 4 heteroatoms. The summed E-state index contributed by atoms with van der Waals surface area (Å²) in [7, 11) is 1.25. The van der Waals surface area contributed by atoms with E-state index in [0.29, 0.717) is 12.0 Å². The van der Waals surface area contributed by atoms with Crippen LogP contribution in [0.3, 0.4) is 0 Å². The Morgan fingerprint density at radius 2 is 2.06 bits per heavy atom. The van der Waals surface area contributed by atoms with Crippen molar-refractivity contribution in [2.75, 3.05) is 7.11 Å². The second kappa shape index (κ2) is 5.43. The summed E-state index contributed by atoms with van der Waals surface area (Å²) in [6.07, 6.45) is 1.27. The molecule has 0 heterocycles. The standard InChI is InChI=1S/C12H14BrFO2/c1-4-7-6-9(12(15)16-3)11(14)8(5-2)10(7)13/h6H,4-5H2,1-3H3. The third kappa shape index (κ3) is 2.26. The van der Waals surface area contributed by atoms with E-state index in [-0.39, 0.29) is 5.56 Å². The molecule has 0 bridgehead atoms. The van der Waals surface area contributed by atoms with Gasteiger partial charge in [0.1, 0.15) is 5.82 Å². The van der Waals surface area contributed by atoms with Crippen molar-refractivity contribution >= 4 is 21.9 Å². The van der Waals surface area contributed by atoms with Gasteiger partial charge in [-0.2, -0.15) is 0 Å². The van der Waals surface area contributed by atoms with Crippen LogP contribution < -0.4 is 0 Å². The van der Waals surface area contributed by atoms with Crippen LogP contribution in [0.25, 0.3) is 0 Å². The van der Waals surface area contributed by atoms with Crippen LogP contribution in [0.4, 0.5) is 4.39 Å². The second-order valence-corrected chi connectivity index (χ2v) is 4.18. The van der Waals surface area contributed by atoms with Gasteiger partial charge in [-0.3, -0.25) is 0 Å². The number of hydrogen-bond acceptors (Lipinski definition) is 2. The lowest BCUT2D eigenvalue weighted by Crippen LogP contribution is -2.09. The fraction of sp³-hybridized carbons (Fsp3) is 0.417. The molecule has 0 atom stereocenters. The maximum Gasteiger partial charge on any atom is 0.340 e. The summed E-state index contributed by atoms with van der Waals surface area (Å²) in [4.78, 5) is 11.4. The predicted octanol–water partition coefficient (Wildman–Crippen LogP) is 3.50. The van der Waals surface area contributed by atoms with Crippen molar-refractivity contribution in [3.05, 3.63) is 33.0 Å². The van der Waals surface area contributed by atoms with Crippen LogP contribution >= 0.6 is 15.9 Å². The van der Waals surface area contributed by atoms with Crippen molar-refractivity contribution in [3.63, 3.8) is 0 Å². The van der Waals surface area contributed by atoms with Gasteiger partial charge in [0.2, 0.25) is 0 Å². The number of halogens is 2. The molecule has 0 radical (unpaired) electrons. The highest BCUT2D eigenvalue weighted by molar-refractivity contribution is 9.10. The Labute approximate surface area is 103 Å². The second-order valence-electron chi connectivity index (χ2n) is 3.39. The lowest BCUT2D eigenvalue weighted by Gasteiger charge is -2.12. The molecule has 1 aromatic rings. The van der Waals surface area contributed by atoms with Crippen molar-refractivity contribution < 1.29 is 13.9 Å². The highest BCUT2D eigenvalue weighted by atomic mass is 79.9. The topological polar surface area (TPSA) is 26.3 Å². The molecule has 0 unspecified atom stereocenters. The number of methoxy groups -OCH3 is 1. The Bertz CT molecular complexity index is 416. The van der Waals surface area contributed by atoms with E-state index in [9.17, 15) is 9.18 Å². The van der Waals surface area contributed by atoms with Gasteiger partial charge in [0.25, 0.3) is 0 Å². The van der Waals surface area contributed by atoms with Crippen molar-refractivity contribution in [1.29, 1.82) is 0 Å². The molecule has 0 aromatic heterocycles. The molecule has 1 rings (SSSR count). The minimum absolute atomic E-state index is 0.0133. The summed E-state index contributed by atoms with van der Waals surface area (Å²) in [6, 6.07) is 1.55. The van der Waals surface area contributed by atoms with Crippen LogP contribution in [-0.2, 0) is 17.6 Å². The Morgan fingerprint density at radius 1 is 1.44 bits per heavy atom. The number of rotatable bonds is 3. The van der Waals surface area contributed by atoms with Gasteiger partial charge in [-0.05, 0) is 24.5 Å². The summed E-state index contributed by atoms with van der Waals surface area (Å²) >= 11 is 3.37. The maximum absolute atomic E-state index is 14.0. The molecule has 0 aliphatic carbocycles. The fourth-order valence-electron chi connectivity index (χ4n) is 1.58. The SMILES string of the molecule is CCc1cc(C(=O)OC)c(F)c(CC)c1Br. The van der Waals surface area contributed by atoms with Crippen molar-refractivity contribution in [1.82, 2.24) is 0 Å². The van der Waals surface area contributed by atoms with Crippen LogP contribution in [0.5, 0.6) is 0 Å². The largest absolute Gasteiger partial charge is 0.465 e. The van der Waals surface area contributed by atoms with E-state index in [1.54, 1.807) is 6.07 Å². The number of hydrogen-bond donors (Lipinski definition) is 0. The predicted molar refractivity (Wildman–Crippen MR) is 64.2 cm³/mol. The summed E-state index contributed by atoms with van der Waals surface area (Å²) < 4.78 is 19.3. The van der Waals surface area contributed by atoms with Crippen LogP contribution in [0.2, 0.25) is 0 Å². The zero-order valence-electron chi connectivity index (χ0n) is 9.56. The smallest absolute Gasteiger partial charge is 0.340 e. The van der Waals surface area contributed by atoms with E-state index in [1.165, 1.54) is 7.11 Å². The van der Waals surface area contributed by atoms with Gasteiger partial charge in [-0.25, -0.2) is 9.18 Å². The van der Waals surface area contributed by atoms with Gasteiger partial charge >= 0.3 is 5.97 Å². The van der Waals surface area contributed by atoms with Crippen LogP contribution in [0.1, 0.15) is 35.3 Å². The molecule has 0 N–H and O–H groups in total. The van der Waals surface area contributed by atoms with E-state index >= 15 is 0 Å². The number of carbonyl (C=O) groups is 1. The zero-order valence-corrected chi connectivity index (χ0v) is 11.1. The average Bonchev–Trinajstić information content (AvgIpc) is 2.29. The van der Waals surface area contributed by atoms with Crippen LogP contribution in [-0.4, -0.2) is 13.1 Å². The van der Waals surface area contributed by atoms with Gasteiger partial charge in [0, 0.05) is 10.0 Å². The summed E-state index contributed by atoms with van der Waals surface area (Å²) in [5, 5.41) is 0. The van der Waals surface area contributed by atoms with Gasteiger partial charge < -0.3 is 4.74 Å². The quantitative estimate of drug-likeness (QED) is 0.796. The van der Waals surface area contributed by atoms with Crippen molar-refractivity contribution in [2.24, 2.45) is 0 Å². The normalized spacial score (nSPS) is 10.3. The Morgan fingerprint density at radius 3 is 2.50 bits per heavy atom. The Balaban J connectivity index is 3.46. The monoisotopic (exact) mass is 288 g/mol. The van der Waals surface area contributed by atoms with Gasteiger partial charge in [0.15, 0.2) is 0 Å². The van der Waals surface area contributed by atoms with Crippen molar-refractivity contribution in [2.45, 2.75) is 26.7 Å². The lowest BCUT2D eigenvalue weighted by molar-refractivity contribution is 0.0595. The molecule has 0 aliphatic rings. The number of ether oxygens (including phenoxy) is 1. The average molecular weight is 289 g/mol. The molecule has 16 heavy (non-hydrogen) atoms. The minimum Gasteiger partial charge on any atom is -0.465 e. The van der Waals surface area contributed by atoms with Gasteiger partial charge in [-0.15, -0.1) is 0 Å². The molecule has 0 amide bonds. The third-order valence-electron chi connectivity index (χ3n) is 2.51. The third-order valence-corrected chi connectivity index (χ3v) is 3.49. The van der Waals surface area contributed by atoms with E-state index in [1.807, 2.05) is 13.8 Å². The van der Waals surface area contributed by atoms with Crippen molar-refractivity contribution in [3.8, 4) is 0 Å². The number of aryl methyl sites for hydroxylation is 1. The Hall–Kier alpha value is -0.900. The van der Waals surface area contributed by atoms with Crippen LogP contribution in [0, 0.1) is 5.82 Å². The molecular weight excluding hydrogens is 275 g/mol. The molecule has 88 valence electrons.